The molecule has 0 atom stereocenters. The van der Waals surface area contributed by atoms with Crippen LogP contribution in [0.5, 0.6) is 0 Å². The van der Waals surface area contributed by atoms with Crippen molar-refractivity contribution in [2.45, 2.75) is 75.9 Å². The average Bonchev–Trinajstić information content (AvgIpc) is 2.33. The summed E-state index contributed by atoms with van der Waals surface area (Å²) in [6.45, 7) is 0.735. The highest BCUT2D eigenvalue weighted by Crippen LogP contribution is 2.25. The van der Waals surface area contributed by atoms with Crippen LogP contribution in [0.1, 0.15) is 70.6 Å². The van der Waals surface area contributed by atoms with Gasteiger partial charge in [-0.25, -0.2) is 0 Å². The molecule has 0 unspecified atom stereocenters. The minimum atomic E-state index is 0.194. The summed E-state index contributed by atoms with van der Waals surface area (Å²) in [5.74, 6) is 0.194. The summed E-state index contributed by atoms with van der Waals surface area (Å²) in [5, 5.41) is 0.637. The molecule has 1 rings (SSSR count). The molecule has 0 aromatic heterocycles. The maximum absolute atomic E-state index is 11.6. The predicted octanol–water partition coefficient (Wildman–Crippen LogP) is 3.38. The van der Waals surface area contributed by atoms with Gasteiger partial charge in [0.1, 0.15) is 0 Å². The summed E-state index contributed by atoms with van der Waals surface area (Å²) >= 11 is 1.67. The van der Waals surface area contributed by atoms with Crippen molar-refractivity contribution >= 4 is 17.9 Å². The standard InChI is InChI=1S/C14H28N2OS/c15-12-8-4-7-11-14(17)16-18-13-9-5-2-1-3-6-10-13/h13H,1-12,15H2,(H,16,17). The second-order valence-electron chi connectivity index (χ2n) is 5.21. The van der Waals surface area contributed by atoms with Crippen molar-refractivity contribution in [1.29, 1.82) is 0 Å². The summed E-state index contributed by atoms with van der Waals surface area (Å²) in [5.41, 5.74) is 5.42. The van der Waals surface area contributed by atoms with Crippen molar-refractivity contribution < 1.29 is 4.79 Å². The van der Waals surface area contributed by atoms with Gasteiger partial charge in [0.05, 0.1) is 0 Å². The number of rotatable bonds is 7. The predicted molar refractivity (Wildman–Crippen MR) is 79.4 cm³/mol. The van der Waals surface area contributed by atoms with Crippen LogP contribution in [0, 0.1) is 0 Å². The van der Waals surface area contributed by atoms with E-state index in [0.29, 0.717) is 11.7 Å². The number of nitrogens with one attached hydrogen (secondary N) is 1. The van der Waals surface area contributed by atoms with E-state index in [1.165, 1.54) is 44.9 Å². The van der Waals surface area contributed by atoms with Gasteiger partial charge in [0, 0.05) is 11.7 Å². The first-order chi connectivity index (χ1) is 8.83. The van der Waals surface area contributed by atoms with Gasteiger partial charge in [-0.1, -0.05) is 38.5 Å². The lowest BCUT2D eigenvalue weighted by Crippen LogP contribution is -2.20. The van der Waals surface area contributed by atoms with Crippen LogP contribution in [0.15, 0.2) is 0 Å². The number of hydrogen-bond acceptors (Lipinski definition) is 3. The lowest BCUT2D eigenvalue weighted by atomic mass is 10.0. The van der Waals surface area contributed by atoms with Gasteiger partial charge in [0.2, 0.25) is 5.91 Å². The van der Waals surface area contributed by atoms with E-state index in [9.17, 15) is 4.79 Å². The van der Waals surface area contributed by atoms with Crippen molar-refractivity contribution in [3.63, 3.8) is 0 Å². The first-order valence-corrected chi connectivity index (χ1v) is 8.35. The van der Waals surface area contributed by atoms with Crippen LogP contribution >= 0.6 is 11.9 Å². The Kier molecular flexibility index (Phi) is 9.40. The smallest absolute Gasteiger partial charge is 0.229 e. The number of amides is 1. The largest absolute Gasteiger partial charge is 0.330 e. The Balaban J connectivity index is 2.04. The molecule has 1 saturated carbocycles. The van der Waals surface area contributed by atoms with Gasteiger partial charge in [0.25, 0.3) is 0 Å². The van der Waals surface area contributed by atoms with Gasteiger partial charge in [0.15, 0.2) is 0 Å². The first-order valence-electron chi connectivity index (χ1n) is 7.47. The van der Waals surface area contributed by atoms with Gasteiger partial charge in [-0.05, 0) is 44.2 Å². The van der Waals surface area contributed by atoms with Crippen molar-refractivity contribution in [2.75, 3.05) is 6.54 Å². The normalized spacial score (nSPS) is 18.1. The molecule has 1 aliphatic rings. The fourth-order valence-corrected chi connectivity index (χ4v) is 3.31. The minimum Gasteiger partial charge on any atom is -0.330 e. The maximum Gasteiger partial charge on any atom is 0.229 e. The molecule has 3 nitrogen and oxygen atoms in total. The third-order valence-corrected chi connectivity index (χ3v) is 4.65. The molecule has 0 heterocycles. The van der Waals surface area contributed by atoms with Crippen LogP contribution < -0.4 is 10.5 Å². The topological polar surface area (TPSA) is 55.1 Å². The number of nitrogens with two attached hydrogens (primary N) is 1. The molecular formula is C14H28N2OS. The molecule has 106 valence electrons. The van der Waals surface area contributed by atoms with E-state index in [0.717, 1.165) is 25.8 Å². The van der Waals surface area contributed by atoms with Gasteiger partial charge < -0.3 is 5.73 Å². The SMILES string of the molecule is NCCCCCC(=O)NSC1CCCCCCC1. The molecule has 0 radical (unpaired) electrons. The number of carbonyl (C=O) groups is 1. The minimum absolute atomic E-state index is 0.194. The molecule has 0 aliphatic heterocycles. The van der Waals surface area contributed by atoms with E-state index in [1.54, 1.807) is 11.9 Å². The second-order valence-corrected chi connectivity index (χ2v) is 6.32. The Hall–Kier alpha value is -0.220. The lowest BCUT2D eigenvalue weighted by molar-refractivity contribution is -0.119. The quantitative estimate of drug-likeness (QED) is 0.552. The fourth-order valence-electron chi connectivity index (χ4n) is 2.34. The third-order valence-electron chi connectivity index (χ3n) is 3.50. The lowest BCUT2D eigenvalue weighted by Gasteiger charge is -2.19. The van der Waals surface area contributed by atoms with Gasteiger partial charge in [-0.2, -0.15) is 0 Å². The molecule has 0 bridgehead atoms. The summed E-state index contributed by atoms with van der Waals surface area (Å²) in [4.78, 5) is 11.6. The van der Waals surface area contributed by atoms with E-state index in [1.807, 2.05) is 0 Å². The fraction of sp³-hybridized carbons (Fsp3) is 0.929. The van der Waals surface area contributed by atoms with E-state index >= 15 is 0 Å². The zero-order valence-electron chi connectivity index (χ0n) is 11.5. The Morgan fingerprint density at radius 3 is 2.39 bits per heavy atom. The Morgan fingerprint density at radius 2 is 1.72 bits per heavy atom. The van der Waals surface area contributed by atoms with E-state index < -0.39 is 0 Å². The van der Waals surface area contributed by atoms with Crippen LogP contribution in [0.2, 0.25) is 0 Å². The van der Waals surface area contributed by atoms with Crippen molar-refractivity contribution in [3.8, 4) is 0 Å². The molecular weight excluding hydrogens is 244 g/mol. The van der Waals surface area contributed by atoms with Crippen molar-refractivity contribution in [2.24, 2.45) is 5.73 Å². The highest BCUT2D eigenvalue weighted by molar-refractivity contribution is 7.98. The number of hydrogen-bond donors (Lipinski definition) is 2. The molecule has 1 amide bonds. The Bertz CT molecular complexity index is 216. The number of carbonyl (C=O) groups excluding carboxylic acids is 1. The van der Waals surface area contributed by atoms with Crippen LogP contribution in [0.25, 0.3) is 0 Å². The summed E-state index contributed by atoms with van der Waals surface area (Å²) < 4.78 is 3.02. The van der Waals surface area contributed by atoms with E-state index in [4.69, 9.17) is 5.73 Å². The average molecular weight is 272 g/mol. The van der Waals surface area contributed by atoms with Gasteiger partial charge in [-0.3, -0.25) is 9.52 Å². The van der Waals surface area contributed by atoms with Gasteiger partial charge in [-0.15, -0.1) is 0 Å². The molecule has 0 saturated heterocycles. The summed E-state index contributed by atoms with van der Waals surface area (Å²) in [6.07, 6.45) is 13.0. The first kappa shape index (κ1) is 15.8. The van der Waals surface area contributed by atoms with Crippen LogP contribution in [-0.2, 0) is 4.79 Å². The van der Waals surface area contributed by atoms with Crippen LogP contribution in [0.4, 0.5) is 0 Å². The van der Waals surface area contributed by atoms with E-state index in [2.05, 4.69) is 4.72 Å². The Labute approximate surface area is 116 Å². The molecule has 1 fully saturated rings. The zero-order chi connectivity index (χ0) is 13.1. The molecule has 3 N–H and O–H groups in total. The Morgan fingerprint density at radius 1 is 1.06 bits per heavy atom. The molecule has 0 aromatic rings. The monoisotopic (exact) mass is 272 g/mol. The molecule has 18 heavy (non-hydrogen) atoms. The highest BCUT2D eigenvalue weighted by Gasteiger charge is 2.13. The summed E-state index contributed by atoms with van der Waals surface area (Å²) in [7, 11) is 0. The highest BCUT2D eigenvalue weighted by atomic mass is 32.2. The molecule has 4 heteroatoms. The maximum atomic E-state index is 11.6. The van der Waals surface area contributed by atoms with Crippen LogP contribution in [-0.4, -0.2) is 17.7 Å². The molecule has 1 aliphatic carbocycles. The second kappa shape index (κ2) is 10.7. The third kappa shape index (κ3) is 7.98. The zero-order valence-corrected chi connectivity index (χ0v) is 12.3. The van der Waals surface area contributed by atoms with E-state index in [-0.39, 0.29) is 5.91 Å². The van der Waals surface area contributed by atoms with Crippen molar-refractivity contribution in [3.05, 3.63) is 0 Å². The van der Waals surface area contributed by atoms with Crippen LogP contribution in [0.3, 0.4) is 0 Å². The molecule has 0 aromatic carbocycles. The van der Waals surface area contributed by atoms with Crippen molar-refractivity contribution in [1.82, 2.24) is 4.72 Å². The van der Waals surface area contributed by atoms with Gasteiger partial charge >= 0.3 is 0 Å². The number of unbranched alkanes of at least 4 members (excludes halogenated alkanes) is 2. The molecule has 0 spiro atoms. The summed E-state index contributed by atoms with van der Waals surface area (Å²) in [6, 6.07) is 0.